The van der Waals surface area contributed by atoms with E-state index in [0.717, 1.165) is 6.54 Å². The maximum Gasteiger partial charge on any atom is 0.230 e. The first-order valence-electron chi connectivity index (χ1n) is 9.71. The highest BCUT2D eigenvalue weighted by molar-refractivity contribution is 7.99. The van der Waals surface area contributed by atoms with Crippen molar-refractivity contribution < 1.29 is 18.7 Å². The van der Waals surface area contributed by atoms with Crippen LogP contribution in [0.3, 0.4) is 0 Å². The fourth-order valence-corrected chi connectivity index (χ4v) is 3.56. The van der Waals surface area contributed by atoms with Gasteiger partial charge in [0, 0.05) is 6.54 Å². The number of nitrogens with one attached hydrogen (secondary N) is 1. The third-order valence-electron chi connectivity index (χ3n) is 4.09. The molecule has 30 heavy (non-hydrogen) atoms. The summed E-state index contributed by atoms with van der Waals surface area (Å²) in [6, 6.07) is 11.1. The summed E-state index contributed by atoms with van der Waals surface area (Å²) in [5.41, 5.74) is 0. The van der Waals surface area contributed by atoms with E-state index in [1.165, 1.54) is 11.8 Å². The van der Waals surface area contributed by atoms with E-state index in [-0.39, 0.29) is 11.7 Å². The molecule has 8 nitrogen and oxygen atoms in total. The molecule has 0 fully saturated rings. The lowest BCUT2D eigenvalue weighted by Gasteiger charge is -2.12. The summed E-state index contributed by atoms with van der Waals surface area (Å²) >= 11 is 1.35. The van der Waals surface area contributed by atoms with E-state index in [4.69, 9.17) is 13.9 Å². The van der Waals surface area contributed by atoms with Crippen LogP contribution in [-0.4, -0.2) is 46.7 Å². The van der Waals surface area contributed by atoms with Gasteiger partial charge in [-0.25, -0.2) is 0 Å². The molecule has 0 unspecified atom stereocenters. The maximum absolute atomic E-state index is 12.2. The average molecular weight is 431 g/mol. The van der Waals surface area contributed by atoms with Crippen LogP contribution in [0.5, 0.6) is 11.5 Å². The summed E-state index contributed by atoms with van der Waals surface area (Å²) in [6.07, 6.45) is 1.61. The van der Waals surface area contributed by atoms with Crippen LogP contribution < -0.4 is 14.8 Å². The van der Waals surface area contributed by atoms with Crippen LogP contribution in [0.2, 0.25) is 0 Å². The molecule has 1 N–H and O–H groups in total. The van der Waals surface area contributed by atoms with Crippen molar-refractivity contribution in [1.29, 1.82) is 0 Å². The summed E-state index contributed by atoms with van der Waals surface area (Å²) < 4.78 is 18.4. The first-order valence-corrected chi connectivity index (χ1v) is 10.7. The van der Waals surface area contributed by atoms with Crippen molar-refractivity contribution in [3.8, 4) is 23.1 Å². The Morgan fingerprint density at radius 2 is 2.00 bits per heavy atom. The van der Waals surface area contributed by atoms with Gasteiger partial charge in [0.25, 0.3) is 0 Å². The van der Waals surface area contributed by atoms with Gasteiger partial charge in [-0.2, -0.15) is 0 Å². The number of amides is 1. The van der Waals surface area contributed by atoms with Crippen molar-refractivity contribution in [2.75, 3.05) is 26.0 Å². The number of ether oxygens (including phenoxy) is 2. The fraction of sp³-hybridized carbons (Fsp3) is 0.381. The smallest absolute Gasteiger partial charge is 0.230 e. The zero-order valence-electron chi connectivity index (χ0n) is 17.3. The molecule has 3 rings (SSSR count). The van der Waals surface area contributed by atoms with Crippen molar-refractivity contribution >= 4 is 17.7 Å². The lowest BCUT2D eigenvalue weighted by atomic mass is 10.2. The Morgan fingerprint density at radius 3 is 2.70 bits per heavy atom. The van der Waals surface area contributed by atoms with Crippen LogP contribution >= 0.6 is 11.8 Å². The Labute approximate surface area is 180 Å². The fourth-order valence-electron chi connectivity index (χ4n) is 2.78. The summed E-state index contributed by atoms with van der Waals surface area (Å²) in [6.45, 7) is 5.72. The predicted octanol–water partition coefficient (Wildman–Crippen LogP) is 3.49. The van der Waals surface area contributed by atoms with Crippen molar-refractivity contribution in [1.82, 2.24) is 20.1 Å². The number of methoxy groups -OCH3 is 1. The van der Waals surface area contributed by atoms with Gasteiger partial charge in [-0.05, 0) is 30.2 Å². The molecule has 3 aromatic rings. The van der Waals surface area contributed by atoms with Gasteiger partial charge in [0.1, 0.15) is 6.61 Å². The third kappa shape index (κ3) is 5.79. The molecule has 160 valence electrons. The highest BCUT2D eigenvalue weighted by Crippen LogP contribution is 2.26. The summed E-state index contributed by atoms with van der Waals surface area (Å²) in [7, 11) is 1.59. The number of aromatic nitrogens is 3. The second-order valence-electron chi connectivity index (χ2n) is 6.93. The van der Waals surface area contributed by atoms with Gasteiger partial charge in [0.2, 0.25) is 5.91 Å². The number of furan rings is 1. The Morgan fingerprint density at radius 1 is 1.20 bits per heavy atom. The van der Waals surface area contributed by atoms with E-state index in [9.17, 15) is 4.79 Å². The second kappa shape index (κ2) is 10.7. The third-order valence-corrected chi connectivity index (χ3v) is 5.06. The largest absolute Gasteiger partial charge is 0.493 e. The molecule has 1 aromatic carbocycles. The molecule has 0 aliphatic carbocycles. The SMILES string of the molecule is COc1ccccc1OCCNC(=O)CSc1nnc(-c2ccco2)n1CC(C)C. The first-order chi connectivity index (χ1) is 14.6. The molecule has 0 radical (unpaired) electrons. The molecule has 9 heteroatoms. The van der Waals surface area contributed by atoms with Gasteiger partial charge in [-0.3, -0.25) is 9.36 Å². The molecule has 0 spiro atoms. The van der Waals surface area contributed by atoms with E-state index >= 15 is 0 Å². The molecule has 0 saturated carbocycles. The number of thioether (sulfide) groups is 1. The Bertz CT molecular complexity index is 940. The Balaban J connectivity index is 1.50. The quantitative estimate of drug-likeness (QED) is 0.368. The minimum atomic E-state index is -0.0951. The molecule has 0 bridgehead atoms. The minimum absolute atomic E-state index is 0.0951. The average Bonchev–Trinajstić information content (AvgIpc) is 3.39. The van der Waals surface area contributed by atoms with Crippen LogP contribution in [0.25, 0.3) is 11.6 Å². The van der Waals surface area contributed by atoms with Crippen LogP contribution in [-0.2, 0) is 11.3 Å². The first kappa shape index (κ1) is 21.8. The van der Waals surface area contributed by atoms with E-state index in [1.807, 2.05) is 41.0 Å². The molecule has 2 aromatic heterocycles. The van der Waals surface area contributed by atoms with Crippen LogP contribution in [0, 0.1) is 5.92 Å². The van der Waals surface area contributed by atoms with Gasteiger partial charge in [0.15, 0.2) is 28.2 Å². The number of para-hydroxylation sites is 2. The lowest BCUT2D eigenvalue weighted by Crippen LogP contribution is -2.29. The molecule has 0 saturated heterocycles. The van der Waals surface area contributed by atoms with E-state index < -0.39 is 0 Å². The predicted molar refractivity (Wildman–Crippen MR) is 115 cm³/mol. The van der Waals surface area contributed by atoms with Crippen molar-refractivity contribution in [3.05, 3.63) is 42.7 Å². The summed E-state index contributed by atoms with van der Waals surface area (Å²) in [4.78, 5) is 12.2. The van der Waals surface area contributed by atoms with E-state index in [1.54, 1.807) is 13.4 Å². The van der Waals surface area contributed by atoms with Crippen LogP contribution in [0.15, 0.2) is 52.2 Å². The maximum atomic E-state index is 12.2. The summed E-state index contributed by atoms with van der Waals surface area (Å²) in [5.74, 6) is 3.18. The molecule has 0 atom stereocenters. The minimum Gasteiger partial charge on any atom is -0.493 e. The standard InChI is InChI=1S/C21H26N4O4S/c1-15(2)13-25-20(18-9-6-11-28-18)23-24-21(25)30-14-19(26)22-10-12-29-17-8-5-4-7-16(17)27-3/h4-9,11,15H,10,12-14H2,1-3H3,(H,22,26). The van der Waals surface area contributed by atoms with Crippen molar-refractivity contribution in [2.45, 2.75) is 25.5 Å². The highest BCUT2D eigenvalue weighted by Gasteiger charge is 2.18. The molecule has 0 aliphatic heterocycles. The van der Waals surface area contributed by atoms with Crippen molar-refractivity contribution in [2.24, 2.45) is 5.92 Å². The molecular formula is C21H26N4O4S. The lowest BCUT2D eigenvalue weighted by molar-refractivity contribution is -0.118. The molecule has 1 amide bonds. The molecular weight excluding hydrogens is 404 g/mol. The number of nitrogens with zero attached hydrogens (tertiary/aromatic N) is 3. The topological polar surface area (TPSA) is 91.4 Å². The molecule has 0 aliphatic rings. The van der Waals surface area contributed by atoms with Crippen LogP contribution in [0.1, 0.15) is 13.8 Å². The van der Waals surface area contributed by atoms with E-state index in [0.29, 0.717) is 47.3 Å². The van der Waals surface area contributed by atoms with Gasteiger partial charge in [-0.15, -0.1) is 10.2 Å². The highest BCUT2D eigenvalue weighted by atomic mass is 32.2. The van der Waals surface area contributed by atoms with Gasteiger partial charge >= 0.3 is 0 Å². The zero-order valence-corrected chi connectivity index (χ0v) is 18.1. The van der Waals surface area contributed by atoms with Crippen molar-refractivity contribution in [3.63, 3.8) is 0 Å². The zero-order chi connectivity index (χ0) is 21.3. The molecule has 2 heterocycles. The van der Waals surface area contributed by atoms with Gasteiger partial charge in [-0.1, -0.05) is 37.7 Å². The number of carbonyl (C=O) groups excluding carboxylic acids is 1. The Kier molecular flexibility index (Phi) is 7.78. The normalized spacial score (nSPS) is 10.9. The van der Waals surface area contributed by atoms with E-state index in [2.05, 4.69) is 29.4 Å². The second-order valence-corrected chi connectivity index (χ2v) is 7.87. The monoisotopic (exact) mass is 430 g/mol. The van der Waals surface area contributed by atoms with Crippen LogP contribution in [0.4, 0.5) is 0 Å². The number of rotatable bonds is 11. The Hall–Kier alpha value is -2.94. The summed E-state index contributed by atoms with van der Waals surface area (Å²) in [5, 5.41) is 12.0. The van der Waals surface area contributed by atoms with Gasteiger partial charge < -0.3 is 19.2 Å². The van der Waals surface area contributed by atoms with Gasteiger partial charge in [0.05, 0.1) is 25.7 Å². The number of hydrogen-bond acceptors (Lipinski definition) is 7. The number of benzene rings is 1. The number of hydrogen-bond donors (Lipinski definition) is 1. The number of carbonyl (C=O) groups is 1.